The van der Waals surface area contributed by atoms with E-state index in [4.69, 9.17) is 13.9 Å². The van der Waals surface area contributed by atoms with Gasteiger partial charge in [-0.05, 0) is 24.3 Å². The van der Waals surface area contributed by atoms with E-state index >= 15 is 0 Å². The smallest absolute Gasteiger partial charge is 0.354 e. The van der Waals surface area contributed by atoms with Gasteiger partial charge in [0.15, 0.2) is 0 Å². The number of amides is 1. The number of carbonyl (C=O) groups excluding carboxylic acids is 1. The monoisotopic (exact) mass is 461 g/mol. The maximum Gasteiger partial charge on any atom is 0.362 e. The summed E-state index contributed by atoms with van der Waals surface area (Å²) in [6.45, 7) is 0. The number of anilines is 4. The van der Waals surface area contributed by atoms with Crippen LogP contribution in [0.1, 0.15) is 10.4 Å². The van der Waals surface area contributed by atoms with Crippen LogP contribution < -0.4 is 21.4 Å². The summed E-state index contributed by atoms with van der Waals surface area (Å²) in [6, 6.07) is 12.4. The molecule has 1 aromatic carbocycles. The van der Waals surface area contributed by atoms with E-state index in [1.165, 1.54) is 45.7 Å². The second kappa shape index (κ2) is 10.3. The SMILES string of the molecule is CONC(=O)c1cnc(Nc2cccc(F)n2)cc1Nc1ccccc1P(=O)(OC)OC. The topological polar surface area (TPSA) is 124 Å². The van der Waals surface area contributed by atoms with E-state index in [0.717, 1.165) is 0 Å². The zero-order valence-corrected chi connectivity index (χ0v) is 18.4. The molecule has 2 aromatic heterocycles. The van der Waals surface area contributed by atoms with Crippen LogP contribution in [0.3, 0.4) is 0 Å². The molecule has 3 rings (SSSR count). The third-order valence-corrected chi connectivity index (χ3v) is 6.21. The Bertz CT molecular complexity index is 1150. The molecule has 0 atom stereocenters. The molecule has 0 saturated carbocycles. The number of benzene rings is 1. The van der Waals surface area contributed by atoms with E-state index in [-0.39, 0.29) is 22.5 Å². The number of hydrogen-bond acceptors (Lipinski definition) is 9. The zero-order valence-electron chi connectivity index (χ0n) is 17.5. The summed E-state index contributed by atoms with van der Waals surface area (Å²) in [4.78, 5) is 25.1. The first-order valence-corrected chi connectivity index (χ1v) is 10.8. The number of carbonyl (C=O) groups is 1. The highest BCUT2D eigenvalue weighted by Gasteiger charge is 2.28. The molecule has 3 aromatic rings. The van der Waals surface area contributed by atoms with Crippen LogP contribution in [0.25, 0.3) is 0 Å². The summed E-state index contributed by atoms with van der Waals surface area (Å²) >= 11 is 0. The fraction of sp³-hybridized carbons (Fsp3) is 0.150. The second-order valence-electron chi connectivity index (χ2n) is 6.23. The summed E-state index contributed by atoms with van der Waals surface area (Å²) in [6.07, 6.45) is 1.30. The molecule has 0 spiro atoms. The fourth-order valence-corrected chi connectivity index (χ4v) is 4.04. The Balaban J connectivity index is 2.04. The van der Waals surface area contributed by atoms with Crippen molar-refractivity contribution in [2.24, 2.45) is 0 Å². The van der Waals surface area contributed by atoms with Gasteiger partial charge in [0.1, 0.15) is 11.6 Å². The minimum absolute atomic E-state index is 0.129. The predicted molar refractivity (Wildman–Crippen MR) is 117 cm³/mol. The Morgan fingerprint density at radius 1 is 0.969 bits per heavy atom. The van der Waals surface area contributed by atoms with Crippen molar-refractivity contribution in [2.75, 3.05) is 32.0 Å². The van der Waals surface area contributed by atoms with Gasteiger partial charge in [0.2, 0.25) is 5.95 Å². The third kappa shape index (κ3) is 5.27. The number of rotatable bonds is 9. The van der Waals surface area contributed by atoms with Crippen molar-refractivity contribution >= 4 is 41.8 Å². The lowest BCUT2D eigenvalue weighted by molar-refractivity contribution is 0.0538. The van der Waals surface area contributed by atoms with E-state index < -0.39 is 19.5 Å². The van der Waals surface area contributed by atoms with Crippen LogP contribution in [0.15, 0.2) is 54.7 Å². The van der Waals surface area contributed by atoms with Crippen molar-refractivity contribution in [1.29, 1.82) is 0 Å². The van der Waals surface area contributed by atoms with Gasteiger partial charge < -0.3 is 19.7 Å². The molecule has 10 nitrogen and oxygen atoms in total. The first-order valence-electron chi connectivity index (χ1n) is 9.21. The molecular formula is C20H21FN5O5P. The molecule has 12 heteroatoms. The highest BCUT2D eigenvalue weighted by atomic mass is 31.2. The molecule has 0 aliphatic rings. The predicted octanol–water partition coefficient (Wildman–Crippen LogP) is 3.51. The molecule has 0 aliphatic heterocycles. The molecule has 32 heavy (non-hydrogen) atoms. The van der Waals surface area contributed by atoms with E-state index in [1.807, 2.05) is 0 Å². The van der Waals surface area contributed by atoms with Gasteiger partial charge in [0.25, 0.3) is 5.91 Å². The van der Waals surface area contributed by atoms with Crippen molar-refractivity contribution in [3.63, 3.8) is 0 Å². The van der Waals surface area contributed by atoms with Gasteiger partial charge in [-0.3, -0.25) is 14.2 Å². The van der Waals surface area contributed by atoms with Crippen molar-refractivity contribution < 1.29 is 27.6 Å². The Morgan fingerprint density at radius 2 is 1.72 bits per heavy atom. The first-order chi connectivity index (χ1) is 15.4. The lowest BCUT2D eigenvalue weighted by Gasteiger charge is -2.19. The molecule has 0 unspecified atom stereocenters. The fourth-order valence-electron chi connectivity index (χ4n) is 2.80. The summed E-state index contributed by atoms with van der Waals surface area (Å²) in [5, 5.41) is 6.20. The average molecular weight is 461 g/mol. The van der Waals surface area contributed by atoms with Gasteiger partial charge in [-0.15, -0.1) is 0 Å². The zero-order chi connectivity index (χ0) is 23.1. The lowest BCUT2D eigenvalue weighted by atomic mass is 10.2. The van der Waals surface area contributed by atoms with Crippen molar-refractivity contribution in [3.8, 4) is 0 Å². The van der Waals surface area contributed by atoms with E-state index in [1.54, 1.807) is 30.3 Å². The molecule has 3 N–H and O–H groups in total. The average Bonchev–Trinajstić information content (AvgIpc) is 2.79. The minimum Gasteiger partial charge on any atom is -0.354 e. The standard InChI is InChI=1S/C20H21FN5O5P/c1-29-26-20(27)13-12-22-19(25-18-10-6-9-17(21)24-18)11-15(13)23-14-7-4-5-8-16(14)32(28,30-2)31-3/h4-12H,1-3H3,(H,26,27)(H2,22,23,24,25). The number of pyridine rings is 2. The Hall–Kier alpha value is -3.37. The molecule has 0 aliphatic carbocycles. The third-order valence-electron chi connectivity index (χ3n) is 4.26. The lowest BCUT2D eigenvalue weighted by Crippen LogP contribution is -2.23. The summed E-state index contributed by atoms with van der Waals surface area (Å²) in [5.74, 6) is -0.731. The number of aromatic nitrogens is 2. The summed E-state index contributed by atoms with van der Waals surface area (Å²) in [7, 11) is 0.249. The molecule has 0 radical (unpaired) electrons. The Labute approximate surface area is 183 Å². The molecule has 2 heterocycles. The van der Waals surface area contributed by atoms with E-state index in [0.29, 0.717) is 11.4 Å². The number of nitrogens with zero attached hydrogens (tertiary/aromatic N) is 2. The minimum atomic E-state index is -3.60. The van der Waals surface area contributed by atoms with Crippen LogP contribution >= 0.6 is 7.60 Å². The highest BCUT2D eigenvalue weighted by Crippen LogP contribution is 2.47. The summed E-state index contributed by atoms with van der Waals surface area (Å²) < 4.78 is 36.6. The first kappa shape index (κ1) is 23.3. The number of hydrogen-bond donors (Lipinski definition) is 3. The van der Waals surface area contributed by atoms with Crippen LogP contribution in [0.5, 0.6) is 0 Å². The maximum atomic E-state index is 13.4. The molecule has 0 bridgehead atoms. The highest BCUT2D eigenvalue weighted by molar-refractivity contribution is 7.62. The van der Waals surface area contributed by atoms with Gasteiger partial charge in [-0.2, -0.15) is 4.39 Å². The number of halogens is 1. The van der Waals surface area contributed by atoms with Gasteiger partial charge in [-0.25, -0.2) is 15.4 Å². The van der Waals surface area contributed by atoms with Crippen molar-refractivity contribution in [2.45, 2.75) is 0 Å². The van der Waals surface area contributed by atoms with Crippen LogP contribution in [-0.4, -0.2) is 37.2 Å². The van der Waals surface area contributed by atoms with Crippen LogP contribution in [0.4, 0.5) is 27.4 Å². The second-order valence-corrected chi connectivity index (χ2v) is 8.43. The maximum absolute atomic E-state index is 13.4. The van der Waals surface area contributed by atoms with E-state index in [2.05, 4.69) is 26.1 Å². The van der Waals surface area contributed by atoms with Crippen molar-refractivity contribution in [1.82, 2.24) is 15.4 Å². The number of hydroxylamine groups is 1. The van der Waals surface area contributed by atoms with Gasteiger partial charge in [-0.1, -0.05) is 18.2 Å². The molecule has 0 fully saturated rings. The van der Waals surface area contributed by atoms with E-state index in [9.17, 15) is 13.8 Å². The summed E-state index contributed by atoms with van der Waals surface area (Å²) in [5.41, 5.74) is 3.03. The largest absolute Gasteiger partial charge is 0.362 e. The normalized spacial score (nSPS) is 11.1. The van der Waals surface area contributed by atoms with Gasteiger partial charge >= 0.3 is 7.60 Å². The van der Waals surface area contributed by atoms with Crippen LogP contribution in [0, 0.1) is 5.95 Å². The molecule has 0 saturated heterocycles. The number of para-hydroxylation sites is 1. The van der Waals surface area contributed by atoms with Crippen molar-refractivity contribution in [3.05, 3.63) is 66.2 Å². The van der Waals surface area contributed by atoms with Gasteiger partial charge in [0, 0.05) is 26.5 Å². The van der Waals surface area contributed by atoms with Gasteiger partial charge in [0.05, 0.1) is 29.4 Å². The van der Waals surface area contributed by atoms with Crippen LogP contribution in [0.2, 0.25) is 0 Å². The molecular weight excluding hydrogens is 440 g/mol. The quantitative estimate of drug-likeness (QED) is 0.249. The number of nitrogens with one attached hydrogen (secondary N) is 3. The molecule has 1 amide bonds. The Morgan fingerprint density at radius 3 is 2.41 bits per heavy atom. The Kier molecular flexibility index (Phi) is 7.49. The van der Waals surface area contributed by atoms with Crippen LogP contribution in [-0.2, 0) is 18.5 Å². The molecule has 168 valence electrons.